The first-order valence-corrected chi connectivity index (χ1v) is 6.48. The summed E-state index contributed by atoms with van der Waals surface area (Å²) in [6.07, 6.45) is 1.22. The van der Waals surface area contributed by atoms with Crippen LogP contribution in [0.5, 0.6) is 0 Å². The van der Waals surface area contributed by atoms with E-state index in [0.29, 0.717) is 25.1 Å². The van der Waals surface area contributed by atoms with E-state index in [9.17, 15) is 9.59 Å². The molecule has 0 saturated heterocycles. The maximum atomic E-state index is 11.8. The summed E-state index contributed by atoms with van der Waals surface area (Å²) in [5.74, 6) is -0.937. The molecular formula is C13H18ClN3O3. The van der Waals surface area contributed by atoms with Gasteiger partial charge in [-0.05, 0) is 31.0 Å². The van der Waals surface area contributed by atoms with E-state index in [1.165, 1.54) is 12.1 Å². The van der Waals surface area contributed by atoms with E-state index in [0.717, 1.165) is 0 Å². The lowest BCUT2D eigenvalue weighted by atomic mass is 10.1. The summed E-state index contributed by atoms with van der Waals surface area (Å²) in [7, 11) is 1.59. The van der Waals surface area contributed by atoms with Crippen LogP contribution in [-0.2, 0) is 9.53 Å². The lowest BCUT2D eigenvalue weighted by Gasteiger charge is -2.12. The molecule has 1 aromatic rings. The van der Waals surface area contributed by atoms with Gasteiger partial charge in [0.25, 0.3) is 0 Å². The fraction of sp³-hybridized carbons (Fsp3) is 0.385. The lowest BCUT2D eigenvalue weighted by molar-refractivity contribution is -0.117. The van der Waals surface area contributed by atoms with Crippen LogP contribution in [0.4, 0.5) is 5.69 Å². The predicted molar refractivity (Wildman–Crippen MR) is 77.7 cm³/mol. The van der Waals surface area contributed by atoms with Crippen molar-refractivity contribution in [3.05, 3.63) is 28.8 Å². The first kappa shape index (κ1) is 16.4. The maximum Gasteiger partial charge on any atom is 0.250 e. The van der Waals surface area contributed by atoms with Crippen LogP contribution in [0, 0.1) is 0 Å². The Labute approximate surface area is 122 Å². The topological polar surface area (TPSA) is 107 Å². The highest BCUT2D eigenvalue weighted by Crippen LogP contribution is 2.20. The second kappa shape index (κ2) is 7.84. The van der Waals surface area contributed by atoms with E-state index in [1.807, 2.05) is 0 Å². The summed E-state index contributed by atoms with van der Waals surface area (Å²) in [6, 6.07) is 3.84. The van der Waals surface area contributed by atoms with Crippen LogP contribution >= 0.6 is 11.6 Å². The zero-order valence-corrected chi connectivity index (χ0v) is 11.9. The minimum absolute atomic E-state index is 0.184. The number of ether oxygens (including phenoxy) is 1. The van der Waals surface area contributed by atoms with Crippen molar-refractivity contribution in [3.8, 4) is 0 Å². The average molecular weight is 300 g/mol. The van der Waals surface area contributed by atoms with E-state index >= 15 is 0 Å². The molecule has 1 atom stereocenters. The molecule has 110 valence electrons. The van der Waals surface area contributed by atoms with Crippen LogP contribution in [0.15, 0.2) is 18.2 Å². The number of hydrogen-bond donors (Lipinski definition) is 3. The molecule has 20 heavy (non-hydrogen) atoms. The molecule has 1 unspecified atom stereocenters. The van der Waals surface area contributed by atoms with Crippen molar-refractivity contribution in [2.75, 3.05) is 19.0 Å². The Bertz CT molecular complexity index is 494. The number of primary amides is 1. The predicted octanol–water partition coefficient (Wildman–Crippen LogP) is 1.13. The van der Waals surface area contributed by atoms with Gasteiger partial charge in [-0.2, -0.15) is 0 Å². The van der Waals surface area contributed by atoms with Crippen molar-refractivity contribution in [3.63, 3.8) is 0 Å². The van der Waals surface area contributed by atoms with Crippen LogP contribution in [0.2, 0.25) is 5.02 Å². The van der Waals surface area contributed by atoms with Crippen molar-refractivity contribution in [2.45, 2.75) is 18.9 Å². The first-order chi connectivity index (χ1) is 9.45. The summed E-state index contributed by atoms with van der Waals surface area (Å²) >= 11 is 5.89. The van der Waals surface area contributed by atoms with Gasteiger partial charge in [0, 0.05) is 19.4 Å². The summed E-state index contributed by atoms with van der Waals surface area (Å²) < 4.78 is 4.89. The summed E-state index contributed by atoms with van der Waals surface area (Å²) in [5.41, 5.74) is 11.6. The number of halogens is 1. The van der Waals surface area contributed by atoms with Gasteiger partial charge in [-0.3, -0.25) is 9.59 Å². The zero-order chi connectivity index (χ0) is 15.1. The molecule has 0 spiro atoms. The van der Waals surface area contributed by atoms with Crippen molar-refractivity contribution in [1.82, 2.24) is 0 Å². The summed E-state index contributed by atoms with van der Waals surface area (Å²) in [5, 5.41) is 2.82. The number of carbonyl (C=O) groups excluding carboxylic acids is 2. The average Bonchev–Trinajstić information content (AvgIpc) is 2.38. The largest absolute Gasteiger partial charge is 0.385 e. The van der Waals surface area contributed by atoms with Gasteiger partial charge in [-0.1, -0.05) is 11.6 Å². The summed E-state index contributed by atoms with van der Waals surface area (Å²) in [4.78, 5) is 22.9. The quantitative estimate of drug-likeness (QED) is 0.656. The van der Waals surface area contributed by atoms with E-state index in [1.54, 1.807) is 13.2 Å². The fourth-order valence-corrected chi connectivity index (χ4v) is 1.88. The van der Waals surface area contributed by atoms with E-state index in [2.05, 4.69) is 5.32 Å². The van der Waals surface area contributed by atoms with E-state index in [4.69, 9.17) is 27.8 Å². The number of benzene rings is 1. The smallest absolute Gasteiger partial charge is 0.250 e. The van der Waals surface area contributed by atoms with Crippen LogP contribution in [0.3, 0.4) is 0 Å². The third kappa shape index (κ3) is 4.80. The van der Waals surface area contributed by atoms with Gasteiger partial charge in [0.2, 0.25) is 11.8 Å². The highest BCUT2D eigenvalue weighted by molar-refractivity contribution is 6.34. The monoisotopic (exact) mass is 299 g/mol. The number of nitrogens with two attached hydrogens (primary N) is 2. The number of amides is 2. The standard InChI is InChI=1S/C13H18ClN3O3/c1-20-6-2-3-11(15)13(19)17-8-4-5-9(12(16)18)10(14)7-8/h4-5,7,11H,2-3,6,15H2,1H3,(H2,16,18)(H,17,19). The number of rotatable bonds is 7. The maximum absolute atomic E-state index is 11.8. The Kier molecular flexibility index (Phi) is 6.44. The van der Waals surface area contributed by atoms with Gasteiger partial charge in [0.05, 0.1) is 16.6 Å². The zero-order valence-electron chi connectivity index (χ0n) is 11.2. The summed E-state index contributed by atoms with van der Waals surface area (Å²) in [6.45, 7) is 0.556. The van der Waals surface area contributed by atoms with Gasteiger partial charge in [0.1, 0.15) is 0 Å². The Hall–Kier alpha value is -1.63. The van der Waals surface area contributed by atoms with E-state index in [-0.39, 0.29) is 16.5 Å². The third-order valence-electron chi connectivity index (χ3n) is 2.70. The normalized spacial score (nSPS) is 11.9. The van der Waals surface area contributed by atoms with Crippen LogP contribution in [-0.4, -0.2) is 31.6 Å². The van der Waals surface area contributed by atoms with Crippen molar-refractivity contribution < 1.29 is 14.3 Å². The molecule has 0 radical (unpaired) electrons. The van der Waals surface area contributed by atoms with Crippen LogP contribution in [0.25, 0.3) is 0 Å². The van der Waals surface area contributed by atoms with Crippen LogP contribution in [0.1, 0.15) is 23.2 Å². The van der Waals surface area contributed by atoms with Gasteiger partial charge >= 0.3 is 0 Å². The second-order valence-corrected chi connectivity index (χ2v) is 4.70. The second-order valence-electron chi connectivity index (χ2n) is 4.29. The Morgan fingerprint density at radius 3 is 2.70 bits per heavy atom. The number of anilines is 1. The Morgan fingerprint density at radius 1 is 1.45 bits per heavy atom. The molecule has 0 aliphatic heterocycles. The molecule has 0 aromatic heterocycles. The molecule has 5 N–H and O–H groups in total. The van der Waals surface area contributed by atoms with Gasteiger partial charge in [-0.15, -0.1) is 0 Å². The third-order valence-corrected chi connectivity index (χ3v) is 3.02. The first-order valence-electron chi connectivity index (χ1n) is 6.10. The number of carbonyl (C=O) groups is 2. The molecule has 0 saturated carbocycles. The minimum Gasteiger partial charge on any atom is -0.385 e. The van der Waals surface area contributed by atoms with Gasteiger partial charge in [0.15, 0.2) is 0 Å². The van der Waals surface area contributed by atoms with Gasteiger partial charge < -0.3 is 21.5 Å². The molecule has 0 aliphatic carbocycles. The molecule has 0 aliphatic rings. The number of nitrogens with one attached hydrogen (secondary N) is 1. The van der Waals surface area contributed by atoms with Gasteiger partial charge in [-0.25, -0.2) is 0 Å². The molecule has 1 aromatic carbocycles. The number of methoxy groups -OCH3 is 1. The van der Waals surface area contributed by atoms with Crippen molar-refractivity contribution in [1.29, 1.82) is 0 Å². The molecular weight excluding hydrogens is 282 g/mol. The molecule has 0 bridgehead atoms. The molecule has 1 rings (SSSR count). The molecule has 0 heterocycles. The Balaban J connectivity index is 2.62. The van der Waals surface area contributed by atoms with E-state index < -0.39 is 11.9 Å². The molecule has 0 fully saturated rings. The molecule has 7 heteroatoms. The highest BCUT2D eigenvalue weighted by Gasteiger charge is 2.14. The molecule has 6 nitrogen and oxygen atoms in total. The minimum atomic E-state index is -0.625. The lowest BCUT2D eigenvalue weighted by Crippen LogP contribution is -2.35. The fourth-order valence-electron chi connectivity index (χ4n) is 1.61. The number of hydrogen-bond acceptors (Lipinski definition) is 4. The molecule has 2 amide bonds. The van der Waals surface area contributed by atoms with Crippen LogP contribution < -0.4 is 16.8 Å². The Morgan fingerprint density at radius 2 is 2.15 bits per heavy atom. The van der Waals surface area contributed by atoms with Crippen molar-refractivity contribution in [2.24, 2.45) is 11.5 Å². The SMILES string of the molecule is COCCCC(N)C(=O)Nc1ccc(C(N)=O)c(Cl)c1. The highest BCUT2D eigenvalue weighted by atomic mass is 35.5. The van der Waals surface area contributed by atoms with Crippen molar-refractivity contribution >= 4 is 29.1 Å².